The van der Waals surface area contributed by atoms with Crippen LogP contribution in [0, 0.1) is 0 Å². The van der Waals surface area contributed by atoms with Gasteiger partial charge in [0.1, 0.15) is 0 Å². The fourth-order valence-corrected chi connectivity index (χ4v) is 4.16. The Bertz CT molecular complexity index is 381. The lowest BCUT2D eigenvalue weighted by molar-refractivity contribution is -0.0518. The minimum absolute atomic E-state index is 0.0613. The van der Waals surface area contributed by atoms with Crippen molar-refractivity contribution >= 4 is 9.84 Å². The number of ether oxygens (including phenoxy) is 1. The monoisotopic (exact) mass is 276 g/mol. The van der Waals surface area contributed by atoms with Crippen molar-refractivity contribution in [1.82, 2.24) is 10.2 Å². The van der Waals surface area contributed by atoms with Gasteiger partial charge in [-0.3, -0.25) is 4.90 Å². The molecule has 0 aromatic rings. The van der Waals surface area contributed by atoms with E-state index in [0.717, 1.165) is 32.7 Å². The number of rotatable bonds is 3. The van der Waals surface area contributed by atoms with Crippen LogP contribution in [0.4, 0.5) is 0 Å². The van der Waals surface area contributed by atoms with Gasteiger partial charge >= 0.3 is 0 Å². The molecule has 2 aliphatic heterocycles. The third-order valence-electron chi connectivity index (χ3n) is 3.87. The summed E-state index contributed by atoms with van der Waals surface area (Å²) < 4.78 is 28.6. The van der Waals surface area contributed by atoms with Crippen molar-refractivity contribution in [3.05, 3.63) is 0 Å². The van der Waals surface area contributed by atoms with E-state index in [1.54, 1.807) is 0 Å². The zero-order valence-electron chi connectivity index (χ0n) is 11.3. The van der Waals surface area contributed by atoms with Crippen LogP contribution in [0.3, 0.4) is 0 Å². The topological polar surface area (TPSA) is 58.6 Å². The molecule has 18 heavy (non-hydrogen) atoms. The minimum Gasteiger partial charge on any atom is -0.378 e. The standard InChI is InChI=1S/C12H24N2O3S/c1-12(2)10-17-7-6-14(12)5-3-11-9-18(15,16)8-4-13-11/h11,13H,3-10H2,1-2H3. The minimum atomic E-state index is -2.82. The van der Waals surface area contributed by atoms with Crippen molar-refractivity contribution in [3.63, 3.8) is 0 Å². The molecule has 2 heterocycles. The molecule has 0 amide bonds. The van der Waals surface area contributed by atoms with E-state index < -0.39 is 9.84 Å². The van der Waals surface area contributed by atoms with Crippen molar-refractivity contribution in [2.24, 2.45) is 0 Å². The van der Waals surface area contributed by atoms with Gasteiger partial charge in [-0.05, 0) is 20.3 Å². The largest absolute Gasteiger partial charge is 0.378 e. The number of hydrogen-bond acceptors (Lipinski definition) is 5. The first kappa shape index (κ1) is 14.2. The molecular weight excluding hydrogens is 252 g/mol. The predicted molar refractivity (Wildman–Crippen MR) is 71.5 cm³/mol. The van der Waals surface area contributed by atoms with Gasteiger partial charge < -0.3 is 10.1 Å². The average Bonchev–Trinajstić information content (AvgIpc) is 2.26. The second kappa shape index (κ2) is 5.45. The van der Waals surface area contributed by atoms with E-state index >= 15 is 0 Å². The zero-order chi connectivity index (χ0) is 13.2. The molecular formula is C12H24N2O3S. The number of nitrogens with zero attached hydrogens (tertiary/aromatic N) is 1. The maximum absolute atomic E-state index is 11.6. The SMILES string of the molecule is CC1(C)COCCN1CCC1CS(=O)(=O)CCN1. The predicted octanol–water partition coefficient (Wildman–Crippen LogP) is -0.126. The van der Waals surface area contributed by atoms with Gasteiger partial charge in [0.05, 0.1) is 24.7 Å². The highest BCUT2D eigenvalue weighted by atomic mass is 32.2. The van der Waals surface area contributed by atoms with Crippen LogP contribution in [-0.4, -0.2) is 69.3 Å². The number of sulfone groups is 1. The van der Waals surface area contributed by atoms with E-state index in [-0.39, 0.29) is 23.1 Å². The van der Waals surface area contributed by atoms with Gasteiger partial charge in [0, 0.05) is 31.2 Å². The molecule has 0 aliphatic carbocycles. The van der Waals surface area contributed by atoms with Gasteiger partial charge in [-0.2, -0.15) is 0 Å². The van der Waals surface area contributed by atoms with Crippen molar-refractivity contribution < 1.29 is 13.2 Å². The van der Waals surface area contributed by atoms with Crippen LogP contribution < -0.4 is 5.32 Å². The highest BCUT2D eigenvalue weighted by Crippen LogP contribution is 2.19. The molecule has 0 saturated carbocycles. The number of nitrogens with one attached hydrogen (secondary N) is 1. The molecule has 6 heteroatoms. The Morgan fingerprint density at radius 3 is 2.89 bits per heavy atom. The lowest BCUT2D eigenvalue weighted by Gasteiger charge is -2.42. The van der Waals surface area contributed by atoms with Crippen molar-refractivity contribution in [2.75, 3.05) is 44.4 Å². The van der Waals surface area contributed by atoms with Crippen LogP contribution in [-0.2, 0) is 14.6 Å². The summed E-state index contributed by atoms with van der Waals surface area (Å²) in [5.74, 6) is 0.574. The average molecular weight is 276 g/mol. The molecule has 0 aromatic carbocycles. The lowest BCUT2D eigenvalue weighted by atomic mass is 10.0. The van der Waals surface area contributed by atoms with Crippen LogP contribution in [0.15, 0.2) is 0 Å². The summed E-state index contributed by atoms with van der Waals surface area (Å²) >= 11 is 0. The number of morpholine rings is 1. The Balaban J connectivity index is 1.84. The summed E-state index contributed by atoms with van der Waals surface area (Å²) in [6.07, 6.45) is 0.892. The molecule has 5 nitrogen and oxygen atoms in total. The second-order valence-corrected chi connectivity index (χ2v) is 8.13. The molecule has 0 aromatic heterocycles. The quantitative estimate of drug-likeness (QED) is 0.778. The van der Waals surface area contributed by atoms with E-state index in [0.29, 0.717) is 6.54 Å². The summed E-state index contributed by atoms with van der Waals surface area (Å²) in [6, 6.07) is 0.113. The molecule has 2 rings (SSSR count). The smallest absolute Gasteiger partial charge is 0.153 e. The maximum Gasteiger partial charge on any atom is 0.153 e. The molecule has 0 radical (unpaired) electrons. The first-order chi connectivity index (χ1) is 8.39. The maximum atomic E-state index is 11.6. The molecule has 1 atom stereocenters. The van der Waals surface area contributed by atoms with Crippen LogP contribution in [0.1, 0.15) is 20.3 Å². The Morgan fingerprint density at radius 2 is 2.22 bits per heavy atom. The Morgan fingerprint density at radius 1 is 1.44 bits per heavy atom. The van der Waals surface area contributed by atoms with E-state index in [2.05, 4.69) is 24.1 Å². The van der Waals surface area contributed by atoms with E-state index in [1.165, 1.54) is 0 Å². The van der Waals surface area contributed by atoms with Gasteiger partial charge in [-0.25, -0.2) is 8.42 Å². The van der Waals surface area contributed by atoms with Crippen LogP contribution in [0.5, 0.6) is 0 Å². The summed E-state index contributed by atoms with van der Waals surface area (Å²) in [6.45, 7) is 8.35. The van der Waals surface area contributed by atoms with Gasteiger partial charge in [0.2, 0.25) is 0 Å². The first-order valence-corrected chi connectivity index (χ1v) is 8.48. The second-order valence-electron chi connectivity index (χ2n) is 5.91. The van der Waals surface area contributed by atoms with Crippen LogP contribution >= 0.6 is 0 Å². The highest BCUT2D eigenvalue weighted by Gasteiger charge is 2.31. The van der Waals surface area contributed by atoms with Gasteiger partial charge in [0.25, 0.3) is 0 Å². The van der Waals surface area contributed by atoms with E-state index in [9.17, 15) is 8.42 Å². The fourth-order valence-electron chi connectivity index (χ4n) is 2.67. The normalized spacial score (nSPS) is 32.2. The lowest BCUT2D eigenvalue weighted by Crippen LogP contribution is -2.54. The summed E-state index contributed by atoms with van der Waals surface area (Å²) in [5.41, 5.74) is 0.0613. The molecule has 0 bridgehead atoms. The Kier molecular flexibility index (Phi) is 4.31. The van der Waals surface area contributed by atoms with Crippen molar-refractivity contribution in [3.8, 4) is 0 Å². The summed E-state index contributed by atoms with van der Waals surface area (Å²) in [5, 5.41) is 3.30. The Labute approximate surface area is 110 Å². The van der Waals surface area contributed by atoms with E-state index in [4.69, 9.17) is 4.74 Å². The van der Waals surface area contributed by atoms with Gasteiger partial charge in [-0.1, -0.05) is 0 Å². The van der Waals surface area contributed by atoms with Crippen molar-refractivity contribution in [1.29, 1.82) is 0 Å². The molecule has 0 spiro atoms. The highest BCUT2D eigenvalue weighted by molar-refractivity contribution is 7.91. The van der Waals surface area contributed by atoms with Crippen LogP contribution in [0.25, 0.3) is 0 Å². The first-order valence-electron chi connectivity index (χ1n) is 6.66. The van der Waals surface area contributed by atoms with Gasteiger partial charge in [-0.15, -0.1) is 0 Å². The zero-order valence-corrected chi connectivity index (χ0v) is 12.1. The molecule has 2 saturated heterocycles. The third kappa shape index (κ3) is 3.66. The summed E-state index contributed by atoms with van der Waals surface area (Å²) in [4.78, 5) is 2.40. The summed E-state index contributed by atoms with van der Waals surface area (Å²) in [7, 11) is -2.82. The fraction of sp³-hybridized carbons (Fsp3) is 1.00. The van der Waals surface area contributed by atoms with Crippen molar-refractivity contribution in [2.45, 2.75) is 31.8 Å². The molecule has 106 valence electrons. The Hall–Kier alpha value is -0.170. The van der Waals surface area contributed by atoms with Crippen LogP contribution in [0.2, 0.25) is 0 Å². The molecule has 2 aliphatic rings. The van der Waals surface area contributed by atoms with Gasteiger partial charge in [0.15, 0.2) is 9.84 Å². The number of hydrogen-bond donors (Lipinski definition) is 1. The van der Waals surface area contributed by atoms with E-state index in [1.807, 2.05) is 0 Å². The third-order valence-corrected chi connectivity index (χ3v) is 5.60. The molecule has 1 N–H and O–H groups in total. The molecule has 2 fully saturated rings. The molecule has 1 unspecified atom stereocenters.